The summed E-state index contributed by atoms with van der Waals surface area (Å²) in [6, 6.07) is 6.63. The summed E-state index contributed by atoms with van der Waals surface area (Å²) in [5.74, 6) is 1.94. The lowest BCUT2D eigenvalue weighted by molar-refractivity contribution is 0.376. The van der Waals surface area contributed by atoms with Crippen molar-refractivity contribution in [2.75, 3.05) is 25.4 Å². The van der Waals surface area contributed by atoms with Gasteiger partial charge in [0.1, 0.15) is 0 Å². The van der Waals surface area contributed by atoms with Gasteiger partial charge in [-0.2, -0.15) is 11.8 Å². The van der Waals surface area contributed by atoms with E-state index in [4.69, 9.17) is 5.14 Å². The number of hydrogen-bond donors (Lipinski definition) is 2. The van der Waals surface area contributed by atoms with Gasteiger partial charge in [-0.3, -0.25) is 0 Å². The van der Waals surface area contributed by atoms with Gasteiger partial charge in [0.15, 0.2) is 5.96 Å². The third-order valence-corrected chi connectivity index (χ3v) is 5.91. The van der Waals surface area contributed by atoms with Crippen molar-refractivity contribution in [3.8, 4) is 0 Å². The molecular formula is C16H26N4O2S2. The molecule has 0 unspecified atom stereocenters. The summed E-state index contributed by atoms with van der Waals surface area (Å²) in [6.45, 7) is 9.61. The van der Waals surface area contributed by atoms with E-state index in [0.29, 0.717) is 6.54 Å². The molecule has 0 aromatic heterocycles. The number of aliphatic imine (C=N–C) groups is 1. The summed E-state index contributed by atoms with van der Waals surface area (Å²) in [4.78, 5) is 7.07. The fourth-order valence-corrected chi connectivity index (χ4v) is 4.31. The van der Waals surface area contributed by atoms with Crippen molar-refractivity contribution in [3.05, 3.63) is 29.8 Å². The lowest BCUT2D eigenvalue weighted by Gasteiger charge is -2.39. The maximum Gasteiger partial charge on any atom is 0.238 e. The molecule has 0 bridgehead atoms. The first-order valence-corrected chi connectivity index (χ1v) is 10.5. The van der Waals surface area contributed by atoms with Crippen LogP contribution in [0.3, 0.4) is 0 Å². The number of nitrogens with two attached hydrogens (primary N) is 1. The molecule has 134 valence electrons. The largest absolute Gasteiger partial charge is 0.357 e. The molecule has 1 fully saturated rings. The Labute approximate surface area is 149 Å². The normalized spacial score (nSPS) is 18.5. The number of benzene rings is 1. The molecule has 0 saturated carbocycles. The molecular weight excluding hydrogens is 344 g/mol. The first-order chi connectivity index (χ1) is 11.2. The van der Waals surface area contributed by atoms with Crippen LogP contribution in [0.4, 0.5) is 0 Å². The number of nitrogens with zero attached hydrogens (tertiary/aromatic N) is 2. The summed E-state index contributed by atoms with van der Waals surface area (Å²) >= 11 is 1.97. The third-order valence-electron chi connectivity index (χ3n) is 3.70. The minimum absolute atomic E-state index is 0.121. The van der Waals surface area contributed by atoms with Gasteiger partial charge in [-0.1, -0.05) is 12.1 Å². The average Bonchev–Trinajstić information content (AvgIpc) is 2.50. The molecule has 0 aliphatic carbocycles. The van der Waals surface area contributed by atoms with Gasteiger partial charge in [0.2, 0.25) is 10.0 Å². The maximum atomic E-state index is 11.5. The zero-order valence-electron chi connectivity index (χ0n) is 14.4. The number of guanidine groups is 1. The highest BCUT2D eigenvalue weighted by molar-refractivity contribution is 8.00. The van der Waals surface area contributed by atoms with Gasteiger partial charge in [0.25, 0.3) is 0 Å². The van der Waals surface area contributed by atoms with Crippen molar-refractivity contribution in [1.82, 2.24) is 10.2 Å². The van der Waals surface area contributed by atoms with Gasteiger partial charge < -0.3 is 10.2 Å². The quantitative estimate of drug-likeness (QED) is 0.621. The van der Waals surface area contributed by atoms with E-state index in [1.54, 1.807) is 12.1 Å². The second kappa shape index (κ2) is 7.76. The SMILES string of the molecule is CCNC(=NCc1cccc(S(N)(=O)=O)c1)N1CCSC(C)(C)C1. The van der Waals surface area contributed by atoms with E-state index in [2.05, 4.69) is 29.1 Å². The molecule has 0 atom stereocenters. The highest BCUT2D eigenvalue weighted by Crippen LogP contribution is 2.29. The first-order valence-electron chi connectivity index (χ1n) is 8.00. The standard InChI is InChI=1S/C16H26N4O2S2/c1-4-18-15(20-8-9-23-16(2,3)12-20)19-11-13-6-5-7-14(10-13)24(17,21)22/h5-7,10H,4,8-9,11-12H2,1-3H3,(H,18,19)(H2,17,21,22). The maximum absolute atomic E-state index is 11.5. The van der Waals surface area contributed by atoms with Gasteiger partial charge in [0.05, 0.1) is 11.4 Å². The molecule has 1 aromatic rings. The van der Waals surface area contributed by atoms with Crippen LogP contribution in [0.2, 0.25) is 0 Å². The van der Waals surface area contributed by atoms with Gasteiger partial charge in [0, 0.05) is 30.1 Å². The van der Waals surface area contributed by atoms with Crippen molar-refractivity contribution in [1.29, 1.82) is 0 Å². The summed E-state index contributed by atoms with van der Waals surface area (Å²) < 4.78 is 23.1. The highest BCUT2D eigenvalue weighted by atomic mass is 32.2. The Morgan fingerprint density at radius 3 is 2.83 bits per heavy atom. The number of rotatable bonds is 4. The van der Waals surface area contributed by atoms with Crippen LogP contribution in [0.25, 0.3) is 0 Å². The molecule has 8 heteroatoms. The minimum Gasteiger partial charge on any atom is -0.357 e. The highest BCUT2D eigenvalue weighted by Gasteiger charge is 2.28. The van der Waals surface area contributed by atoms with E-state index in [0.717, 1.165) is 36.9 Å². The summed E-state index contributed by atoms with van der Waals surface area (Å²) in [5.41, 5.74) is 0.822. The molecule has 6 nitrogen and oxygen atoms in total. The molecule has 1 heterocycles. The molecule has 1 saturated heterocycles. The number of sulfonamides is 1. The Balaban J connectivity index is 2.17. The number of nitrogens with one attached hydrogen (secondary N) is 1. The second-order valence-corrected chi connectivity index (χ2v) is 9.76. The molecule has 0 spiro atoms. The molecule has 2 rings (SSSR count). The summed E-state index contributed by atoms with van der Waals surface area (Å²) in [6.07, 6.45) is 0. The van der Waals surface area contributed by atoms with E-state index in [1.165, 1.54) is 6.07 Å². The Bertz CT molecular complexity index is 702. The first kappa shape index (κ1) is 19.1. The van der Waals surface area contributed by atoms with Crippen LogP contribution < -0.4 is 10.5 Å². The van der Waals surface area contributed by atoms with Crippen molar-refractivity contribution in [3.63, 3.8) is 0 Å². The predicted octanol–water partition coefficient (Wildman–Crippen LogP) is 1.63. The van der Waals surface area contributed by atoms with Crippen molar-refractivity contribution in [2.24, 2.45) is 10.1 Å². The van der Waals surface area contributed by atoms with Crippen LogP contribution in [0.1, 0.15) is 26.3 Å². The van der Waals surface area contributed by atoms with Gasteiger partial charge >= 0.3 is 0 Å². The van der Waals surface area contributed by atoms with E-state index < -0.39 is 10.0 Å². The van der Waals surface area contributed by atoms with Crippen molar-refractivity contribution < 1.29 is 8.42 Å². The third kappa shape index (κ3) is 5.39. The molecule has 0 amide bonds. The van der Waals surface area contributed by atoms with E-state index in [-0.39, 0.29) is 9.64 Å². The van der Waals surface area contributed by atoms with Gasteiger partial charge in [-0.25, -0.2) is 18.5 Å². The lowest BCUT2D eigenvalue weighted by atomic mass is 10.2. The van der Waals surface area contributed by atoms with E-state index in [9.17, 15) is 8.42 Å². The smallest absolute Gasteiger partial charge is 0.238 e. The molecule has 0 radical (unpaired) electrons. The lowest BCUT2D eigenvalue weighted by Crippen LogP contribution is -2.50. The fourth-order valence-electron chi connectivity index (χ4n) is 2.61. The van der Waals surface area contributed by atoms with Crippen LogP contribution in [0.15, 0.2) is 34.2 Å². The Hall–Kier alpha value is -1.25. The van der Waals surface area contributed by atoms with Crippen LogP contribution in [-0.2, 0) is 16.6 Å². The molecule has 1 aromatic carbocycles. The number of thioether (sulfide) groups is 1. The Morgan fingerprint density at radius 2 is 2.21 bits per heavy atom. The number of primary sulfonamides is 1. The number of hydrogen-bond acceptors (Lipinski definition) is 4. The van der Waals surface area contributed by atoms with Gasteiger partial charge in [-0.05, 0) is 38.5 Å². The van der Waals surface area contributed by atoms with E-state index in [1.807, 2.05) is 24.8 Å². The molecule has 3 N–H and O–H groups in total. The average molecular weight is 371 g/mol. The van der Waals surface area contributed by atoms with Crippen LogP contribution in [0, 0.1) is 0 Å². The fraction of sp³-hybridized carbons (Fsp3) is 0.562. The van der Waals surface area contributed by atoms with Crippen molar-refractivity contribution in [2.45, 2.75) is 37.0 Å². The van der Waals surface area contributed by atoms with E-state index >= 15 is 0 Å². The van der Waals surface area contributed by atoms with Crippen LogP contribution in [0.5, 0.6) is 0 Å². The monoisotopic (exact) mass is 370 g/mol. The summed E-state index contributed by atoms with van der Waals surface area (Å²) in [7, 11) is -3.69. The van der Waals surface area contributed by atoms with Crippen molar-refractivity contribution >= 4 is 27.7 Å². The molecule has 24 heavy (non-hydrogen) atoms. The predicted molar refractivity (Wildman–Crippen MR) is 101 cm³/mol. The minimum atomic E-state index is -3.69. The molecule has 1 aliphatic rings. The zero-order chi connectivity index (χ0) is 17.8. The van der Waals surface area contributed by atoms with Gasteiger partial charge in [-0.15, -0.1) is 0 Å². The Morgan fingerprint density at radius 1 is 1.46 bits per heavy atom. The zero-order valence-corrected chi connectivity index (χ0v) is 16.1. The molecule has 1 aliphatic heterocycles. The Kier molecular flexibility index (Phi) is 6.17. The second-order valence-electron chi connectivity index (χ2n) is 6.39. The van der Waals surface area contributed by atoms with Crippen LogP contribution in [-0.4, -0.2) is 49.4 Å². The summed E-state index contributed by atoms with van der Waals surface area (Å²) in [5, 5.41) is 8.52. The topological polar surface area (TPSA) is 87.8 Å². The van der Waals surface area contributed by atoms with Crippen LogP contribution >= 0.6 is 11.8 Å².